The molecule has 0 unspecified atom stereocenters. The smallest absolute Gasteiger partial charge is 0.280 e. The zero-order valence-corrected chi connectivity index (χ0v) is 11.4. The molecule has 0 spiro atoms. The number of hydrogen-bond donors (Lipinski definition) is 1. The molecule has 0 atom stereocenters. The van der Waals surface area contributed by atoms with E-state index in [1.165, 1.54) is 4.68 Å². The van der Waals surface area contributed by atoms with Gasteiger partial charge in [0.1, 0.15) is 5.15 Å². The predicted octanol–water partition coefficient (Wildman–Crippen LogP) is 2.58. The van der Waals surface area contributed by atoms with Crippen molar-refractivity contribution >= 4 is 11.6 Å². The molecule has 0 saturated heterocycles. The number of nitrogens with one attached hydrogen (secondary N) is 1. The topological polar surface area (TPSA) is 63.6 Å². The third-order valence-electron chi connectivity index (χ3n) is 2.98. The van der Waals surface area contributed by atoms with Gasteiger partial charge in [0, 0.05) is 24.2 Å². The molecule has 0 amide bonds. The van der Waals surface area contributed by atoms with Crippen LogP contribution >= 0.6 is 11.6 Å². The maximum Gasteiger partial charge on any atom is 0.280 e. The van der Waals surface area contributed by atoms with Gasteiger partial charge in [-0.15, -0.1) is 0 Å². The zero-order valence-electron chi connectivity index (χ0n) is 10.7. The fourth-order valence-electron chi connectivity index (χ4n) is 1.94. The Balaban J connectivity index is 2.11. The molecule has 0 fully saturated rings. The Labute approximate surface area is 119 Å². The highest BCUT2D eigenvalue weighted by Crippen LogP contribution is 2.20. The number of aromatic amines is 1. The molecule has 0 bridgehead atoms. The lowest BCUT2D eigenvalue weighted by atomic mass is 10.1. The molecule has 3 aromatic rings. The van der Waals surface area contributed by atoms with Crippen LogP contribution in [0, 0.1) is 6.92 Å². The standard InChI is InChI=1S/C14H11ClN4O/c1-9-6-10(7-17-13(9)15)11-8-18-19(14(11)20)12-4-2-3-5-16-12/h2-8,18H,1H3. The summed E-state index contributed by atoms with van der Waals surface area (Å²) in [5.74, 6) is 0.544. The predicted molar refractivity (Wildman–Crippen MR) is 77.2 cm³/mol. The normalized spacial score (nSPS) is 10.7. The highest BCUT2D eigenvalue weighted by Gasteiger charge is 2.11. The van der Waals surface area contributed by atoms with Crippen molar-refractivity contribution in [3.05, 3.63) is 63.9 Å². The van der Waals surface area contributed by atoms with E-state index in [2.05, 4.69) is 15.1 Å². The Morgan fingerprint density at radius 1 is 1.30 bits per heavy atom. The third kappa shape index (κ3) is 2.12. The van der Waals surface area contributed by atoms with Gasteiger partial charge in [-0.25, -0.2) is 14.6 Å². The number of H-pyrrole nitrogens is 1. The molecule has 0 saturated carbocycles. The first kappa shape index (κ1) is 12.6. The molecule has 6 heteroatoms. The molecule has 3 aromatic heterocycles. The third-order valence-corrected chi connectivity index (χ3v) is 3.37. The molecular formula is C14H11ClN4O. The quantitative estimate of drug-likeness (QED) is 0.737. The fourth-order valence-corrected chi connectivity index (χ4v) is 2.04. The second kappa shape index (κ2) is 4.94. The van der Waals surface area contributed by atoms with Crippen LogP contribution in [-0.4, -0.2) is 19.7 Å². The highest BCUT2D eigenvalue weighted by atomic mass is 35.5. The Morgan fingerprint density at radius 2 is 2.15 bits per heavy atom. The van der Waals surface area contributed by atoms with Crippen molar-refractivity contribution in [2.24, 2.45) is 0 Å². The molecule has 5 nitrogen and oxygen atoms in total. The summed E-state index contributed by atoms with van der Waals surface area (Å²) in [5, 5.41) is 3.34. The number of aryl methyl sites for hydroxylation is 1. The molecule has 0 aromatic carbocycles. The maximum atomic E-state index is 12.4. The monoisotopic (exact) mass is 286 g/mol. The summed E-state index contributed by atoms with van der Waals surface area (Å²) in [6, 6.07) is 7.21. The van der Waals surface area contributed by atoms with Gasteiger partial charge in [-0.2, -0.15) is 0 Å². The van der Waals surface area contributed by atoms with E-state index >= 15 is 0 Å². The van der Waals surface area contributed by atoms with E-state index in [-0.39, 0.29) is 5.56 Å². The second-order valence-electron chi connectivity index (χ2n) is 4.35. The summed E-state index contributed by atoms with van der Waals surface area (Å²) >= 11 is 5.90. The minimum Gasteiger partial charge on any atom is -0.296 e. The summed E-state index contributed by atoms with van der Waals surface area (Å²) in [4.78, 5) is 20.6. The first-order valence-corrected chi connectivity index (χ1v) is 6.39. The van der Waals surface area contributed by atoms with Gasteiger partial charge in [0.15, 0.2) is 5.82 Å². The van der Waals surface area contributed by atoms with E-state index in [0.29, 0.717) is 16.5 Å². The average molecular weight is 287 g/mol. The molecule has 0 radical (unpaired) electrons. The van der Waals surface area contributed by atoms with Gasteiger partial charge >= 0.3 is 0 Å². The lowest BCUT2D eigenvalue weighted by Crippen LogP contribution is -2.16. The maximum absolute atomic E-state index is 12.4. The Hall–Kier alpha value is -2.40. The summed E-state index contributed by atoms with van der Waals surface area (Å²) in [7, 11) is 0. The van der Waals surface area contributed by atoms with Crippen molar-refractivity contribution in [2.45, 2.75) is 6.92 Å². The molecule has 20 heavy (non-hydrogen) atoms. The average Bonchev–Trinajstić information content (AvgIpc) is 2.85. The van der Waals surface area contributed by atoms with E-state index in [9.17, 15) is 4.79 Å². The lowest BCUT2D eigenvalue weighted by Gasteiger charge is -2.00. The minimum atomic E-state index is -0.174. The molecule has 0 aliphatic carbocycles. The molecule has 0 aliphatic rings. The van der Waals surface area contributed by atoms with E-state index in [0.717, 1.165) is 11.1 Å². The Morgan fingerprint density at radius 3 is 2.85 bits per heavy atom. The number of aromatic nitrogens is 4. The van der Waals surface area contributed by atoms with Gasteiger partial charge in [-0.1, -0.05) is 17.7 Å². The summed E-state index contributed by atoms with van der Waals surface area (Å²) in [6.07, 6.45) is 4.86. The van der Waals surface area contributed by atoms with Crippen molar-refractivity contribution in [3.63, 3.8) is 0 Å². The van der Waals surface area contributed by atoms with Crippen LogP contribution in [0.5, 0.6) is 0 Å². The van der Waals surface area contributed by atoms with Gasteiger partial charge in [0.25, 0.3) is 5.56 Å². The van der Waals surface area contributed by atoms with Crippen LogP contribution in [0.25, 0.3) is 16.9 Å². The van der Waals surface area contributed by atoms with Gasteiger partial charge < -0.3 is 0 Å². The van der Waals surface area contributed by atoms with Crippen LogP contribution in [-0.2, 0) is 0 Å². The largest absolute Gasteiger partial charge is 0.296 e. The van der Waals surface area contributed by atoms with Crippen molar-refractivity contribution in [2.75, 3.05) is 0 Å². The second-order valence-corrected chi connectivity index (χ2v) is 4.71. The highest BCUT2D eigenvalue weighted by molar-refractivity contribution is 6.30. The lowest BCUT2D eigenvalue weighted by molar-refractivity contribution is 0.819. The van der Waals surface area contributed by atoms with Gasteiger partial charge in [-0.3, -0.25) is 9.89 Å². The van der Waals surface area contributed by atoms with Crippen molar-refractivity contribution in [3.8, 4) is 16.9 Å². The molecule has 3 rings (SSSR count). The van der Waals surface area contributed by atoms with Crippen molar-refractivity contribution in [1.82, 2.24) is 19.7 Å². The van der Waals surface area contributed by atoms with Gasteiger partial charge in [0.05, 0.1) is 5.56 Å². The van der Waals surface area contributed by atoms with Crippen LogP contribution in [0.1, 0.15) is 5.56 Å². The first-order valence-electron chi connectivity index (χ1n) is 6.01. The van der Waals surface area contributed by atoms with E-state index < -0.39 is 0 Å². The summed E-state index contributed by atoms with van der Waals surface area (Å²) in [5.41, 5.74) is 1.91. The number of halogens is 1. The van der Waals surface area contributed by atoms with Crippen LogP contribution in [0.2, 0.25) is 5.15 Å². The molecule has 1 N–H and O–H groups in total. The Kier molecular flexibility index (Phi) is 3.12. The van der Waals surface area contributed by atoms with E-state index in [1.807, 2.05) is 19.1 Å². The van der Waals surface area contributed by atoms with E-state index in [1.54, 1.807) is 30.7 Å². The molecule has 100 valence electrons. The molecule has 3 heterocycles. The Bertz CT molecular complexity index is 808. The van der Waals surface area contributed by atoms with Gasteiger partial charge in [0.2, 0.25) is 0 Å². The van der Waals surface area contributed by atoms with Crippen LogP contribution in [0.3, 0.4) is 0 Å². The number of nitrogens with zero attached hydrogens (tertiary/aromatic N) is 3. The summed E-state index contributed by atoms with van der Waals surface area (Å²) in [6.45, 7) is 1.85. The molecular weight excluding hydrogens is 276 g/mol. The fraction of sp³-hybridized carbons (Fsp3) is 0.0714. The number of pyridine rings is 2. The number of hydrogen-bond acceptors (Lipinski definition) is 3. The van der Waals surface area contributed by atoms with E-state index in [4.69, 9.17) is 11.6 Å². The van der Waals surface area contributed by atoms with Crippen LogP contribution < -0.4 is 5.56 Å². The summed E-state index contributed by atoms with van der Waals surface area (Å²) < 4.78 is 1.39. The SMILES string of the molecule is Cc1cc(-c2c[nH]n(-c3ccccn3)c2=O)cnc1Cl. The van der Waals surface area contributed by atoms with Crippen molar-refractivity contribution < 1.29 is 0 Å². The number of rotatable bonds is 2. The molecule has 0 aliphatic heterocycles. The van der Waals surface area contributed by atoms with Crippen LogP contribution in [0.4, 0.5) is 0 Å². The zero-order chi connectivity index (χ0) is 14.1. The first-order chi connectivity index (χ1) is 9.66. The van der Waals surface area contributed by atoms with Crippen molar-refractivity contribution in [1.29, 1.82) is 0 Å². The van der Waals surface area contributed by atoms with Gasteiger partial charge in [-0.05, 0) is 30.7 Å². The minimum absolute atomic E-state index is 0.174. The van der Waals surface area contributed by atoms with Crippen LogP contribution in [0.15, 0.2) is 47.7 Å².